The van der Waals surface area contributed by atoms with Crippen LogP contribution in [0.4, 0.5) is 17.6 Å². The van der Waals surface area contributed by atoms with Crippen LogP contribution in [0.2, 0.25) is 0 Å². The Balaban J connectivity index is 2.47. The zero-order valence-corrected chi connectivity index (χ0v) is 9.04. The molecule has 0 atom stereocenters. The number of carboxylic acid groups (broad SMARTS) is 1. The predicted octanol–water partition coefficient (Wildman–Crippen LogP) is 1.77. The Morgan fingerprint density at radius 2 is 2.11 bits per heavy atom. The lowest BCUT2D eigenvalue weighted by atomic mass is 10.2. The van der Waals surface area contributed by atoms with E-state index in [2.05, 4.69) is 10.3 Å². The Labute approximate surface area is 99.6 Å². The molecule has 4 nitrogen and oxygen atoms in total. The first kappa shape index (κ1) is 14.4. The lowest BCUT2D eigenvalue weighted by Crippen LogP contribution is -2.38. The normalized spacial score (nSPS) is 11.8. The molecule has 0 spiro atoms. The van der Waals surface area contributed by atoms with Gasteiger partial charge < -0.3 is 10.4 Å². The lowest BCUT2D eigenvalue weighted by Gasteiger charge is -2.15. The molecule has 0 saturated carbocycles. The van der Waals surface area contributed by atoms with Gasteiger partial charge >= 0.3 is 18.3 Å². The largest absolute Gasteiger partial charge is 0.478 e. The van der Waals surface area contributed by atoms with Gasteiger partial charge in [-0.3, -0.25) is 4.98 Å². The quantitative estimate of drug-likeness (QED) is 0.770. The van der Waals surface area contributed by atoms with Crippen molar-refractivity contribution in [2.24, 2.45) is 0 Å². The van der Waals surface area contributed by atoms with Crippen molar-refractivity contribution in [2.75, 3.05) is 6.54 Å². The minimum Gasteiger partial charge on any atom is -0.478 e. The average molecular weight is 266 g/mol. The molecular weight excluding hydrogens is 256 g/mol. The summed E-state index contributed by atoms with van der Waals surface area (Å²) in [6, 6.07) is 2.56. The fourth-order valence-corrected chi connectivity index (χ4v) is 1.09. The summed E-state index contributed by atoms with van der Waals surface area (Å²) in [5.74, 6) is -5.26. The van der Waals surface area contributed by atoms with Crippen LogP contribution in [-0.4, -0.2) is 35.0 Å². The van der Waals surface area contributed by atoms with Gasteiger partial charge in [0.05, 0.1) is 17.8 Å². The van der Waals surface area contributed by atoms with Crippen molar-refractivity contribution in [1.29, 1.82) is 0 Å². The first-order valence-electron chi connectivity index (χ1n) is 4.88. The zero-order chi connectivity index (χ0) is 13.8. The topological polar surface area (TPSA) is 62.2 Å². The third kappa shape index (κ3) is 3.95. The number of rotatable bonds is 6. The second kappa shape index (κ2) is 5.76. The second-order valence-electron chi connectivity index (χ2n) is 3.51. The van der Waals surface area contributed by atoms with Crippen molar-refractivity contribution in [3.63, 3.8) is 0 Å². The van der Waals surface area contributed by atoms with Crippen LogP contribution < -0.4 is 5.32 Å². The maximum atomic E-state index is 12.5. The van der Waals surface area contributed by atoms with Crippen molar-refractivity contribution in [3.05, 3.63) is 29.6 Å². The monoisotopic (exact) mass is 266 g/mol. The highest BCUT2D eigenvalue weighted by atomic mass is 19.3. The number of nitrogens with one attached hydrogen (secondary N) is 1. The molecule has 0 aliphatic carbocycles. The number of pyridine rings is 1. The van der Waals surface area contributed by atoms with Gasteiger partial charge in [-0.25, -0.2) is 13.6 Å². The Hall–Kier alpha value is -1.70. The molecule has 0 aliphatic heterocycles. The molecule has 0 aromatic carbocycles. The fraction of sp³-hybridized carbons (Fsp3) is 0.400. The van der Waals surface area contributed by atoms with Crippen molar-refractivity contribution < 1.29 is 27.5 Å². The van der Waals surface area contributed by atoms with Crippen molar-refractivity contribution >= 4 is 5.97 Å². The molecule has 0 unspecified atom stereocenters. The maximum Gasteiger partial charge on any atom is 0.337 e. The number of hydrogen-bond donors (Lipinski definition) is 2. The van der Waals surface area contributed by atoms with E-state index < -0.39 is 24.9 Å². The number of aromatic carboxylic acids is 1. The van der Waals surface area contributed by atoms with Gasteiger partial charge in [-0.05, 0) is 12.1 Å². The van der Waals surface area contributed by atoms with Gasteiger partial charge in [0.25, 0.3) is 0 Å². The van der Waals surface area contributed by atoms with Gasteiger partial charge in [-0.2, -0.15) is 8.78 Å². The molecule has 1 aromatic rings. The predicted molar refractivity (Wildman–Crippen MR) is 53.9 cm³/mol. The molecule has 2 N–H and O–H groups in total. The van der Waals surface area contributed by atoms with Crippen LogP contribution in [0.5, 0.6) is 0 Å². The molecule has 1 heterocycles. The summed E-state index contributed by atoms with van der Waals surface area (Å²) >= 11 is 0. The van der Waals surface area contributed by atoms with E-state index in [9.17, 15) is 22.4 Å². The molecule has 0 fully saturated rings. The van der Waals surface area contributed by atoms with Crippen molar-refractivity contribution in [1.82, 2.24) is 10.3 Å². The van der Waals surface area contributed by atoms with Crippen LogP contribution in [0.15, 0.2) is 18.3 Å². The standard InChI is InChI=1S/C10H10F4N2O2/c11-9(12)10(13,14)5-15-4-7-2-1-6(3-16-7)8(17)18/h1-3,9,15H,4-5H2,(H,17,18). The summed E-state index contributed by atoms with van der Waals surface area (Å²) in [6.45, 7) is -1.32. The van der Waals surface area contributed by atoms with Gasteiger partial charge in [0.1, 0.15) is 0 Å². The van der Waals surface area contributed by atoms with E-state index in [4.69, 9.17) is 5.11 Å². The molecule has 0 radical (unpaired) electrons. The van der Waals surface area contributed by atoms with Crippen molar-refractivity contribution in [3.8, 4) is 0 Å². The summed E-state index contributed by atoms with van der Waals surface area (Å²) in [4.78, 5) is 14.2. The highest BCUT2D eigenvalue weighted by Crippen LogP contribution is 2.21. The average Bonchev–Trinajstić information content (AvgIpc) is 2.29. The number of nitrogens with zero attached hydrogens (tertiary/aromatic N) is 1. The third-order valence-electron chi connectivity index (χ3n) is 2.06. The maximum absolute atomic E-state index is 12.5. The van der Waals surface area contributed by atoms with E-state index in [1.54, 1.807) is 0 Å². The molecule has 1 rings (SSSR count). The molecule has 100 valence electrons. The molecule has 0 bridgehead atoms. The second-order valence-corrected chi connectivity index (χ2v) is 3.51. The van der Waals surface area contributed by atoms with Crippen LogP contribution in [0, 0.1) is 0 Å². The molecule has 8 heteroatoms. The summed E-state index contributed by atoms with van der Waals surface area (Å²) in [6.07, 6.45) is -2.67. The summed E-state index contributed by atoms with van der Waals surface area (Å²) in [5.41, 5.74) is 0.238. The summed E-state index contributed by atoms with van der Waals surface area (Å²) in [7, 11) is 0. The van der Waals surface area contributed by atoms with E-state index in [-0.39, 0.29) is 17.8 Å². The Bertz CT molecular complexity index is 409. The number of alkyl halides is 4. The van der Waals surface area contributed by atoms with Gasteiger partial charge in [0.15, 0.2) is 0 Å². The van der Waals surface area contributed by atoms with Gasteiger partial charge in [-0.1, -0.05) is 0 Å². The van der Waals surface area contributed by atoms with Crippen LogP contribution in [0.3, 0.4) is 0 Å². The van der Waals surface area contributed by atoms with Gasteiger partial charge in [0, 0.05) is 12.7 Å². The molecule has 18 heavy (non-hydrogen) atoms. The smallest absolute Gasteiger partial charge is 0.337 e. The Kier molecular flexibility index (Phi) is 4.60. The summed E-state index contributed by atoms with van der Waals surface area (Å²) in [5, 5.41) is 10.7. The Morgan fingerprint density at radius 3 is 2.56 bits per heavy atom. The Morgan fingerprint density at radius 1 is 1.44 bits per heavy atom. The first-order valence-corrected chi connectivity index (χ1v) is 4.88. The highest BCUT2D eigenvalue weighted by Gasteiger charge is 2.39. The molecular formula is C10H10F4N2O2. The zero-order valence-electron chi connectivity index (χ0n) is 9.04. The summed E-state index contributed by atoms with van der Waals surface area (Å²) < 4.78 is 48.6. The van der Waals surface area contributed by atoms with Crippen LogP contribution >= 0.6 is 0 Å². The minimum atomic E-state index is -4.10. The number of halogens is 4. The third-order valence-corrected chi connectivity index (χ3v) is 2.06. The number of aromatic nitrogens is 1. The van der Waals surface area contributed by atoms with Crippen molar-refractivity contribution in [2.45, 2.75) is 18.9 Å². The first-order chi connectivity index (χ1) is 8.33. The van der Waals surface area contributed by atoms with E-state index in [0.29, 0.717) is 0 Å². The molecule has 0 amide bonds. The van der Waals surface area contributed by atoms with E-state index in [1.165, 1.54) is 12.1 Å². The number of carbonyl (C=O) groups is 1. The number of hydrogen-bond acceptors (Lipinski definition) is 3. The molecule has 1 aromatic heterocycles. The lowest BCUT2D eigenvalue weighted by molar-refractivity contribution is -0.125. The molecule has 0 saturated heterocycles. The number of carboxylic acids is 1. The fourth-order valence-electron chi connectivity index (χ4n) is 1.09. The highest BCUT2D eigenvalue weighted by molar-refractivity contribution is 5.87. The van der Waals surface area contributed by atoms with Gasteiger partial charge in [-0.15, -0.1) is 0 Å². The van der Waals surface area contributed by atoms with E-state index >= 15 is 0 Å². The van der Waals surface area contributed by atoms with Crippen LogP contribution in [0.25, 0.3) is 0 Å². The minimum absolute atomic E-state index is 0.0448. The van der Waals surface area contributed by atoms with E-state index in [0.717, 1.165) is 6.20 Å². The van der Waals surface area contributed by atoms with Crippen LogP contribution in [-0.2, 0) is 6.54 Å². The van der Waals surface area contributed by atoms with Gasteiger partial charge in [0.2, 0.25) is 0 Å². The van der Waals surface area contributed by atoms with Crippen LogP contribution in [0.1, 0.15) is 16.1 Å². The van der Waals surface area contributed by atoms with E-state index in [1.807, 2.05) is 0 Å². The SMILES string of the molecule is O=C(O)c1ccc(CNCC(F)(F)C(F)F)nc1. The molecule has 0 aliphatic rings.